The Labute approximate surface area is 124 Å². The van der Waals surface area contributed by atoms with E-state index in [-0.39, 0.29) is 23.1 Å². The Morgan fingerprint density at radius 2 is 2.33 bits per heavy atom. The van der Waals surface area contributed by atoms with Crippen molar-refractivity contribution in [3.8, 4) is 0 Å². The molecule has 1 atom stereocenters. The Morgan fingerprint density at radius 3 is 2.90 bits per heavy atom. The lowest BCUT2D eigenvalue weighted by molar-refractivity contribution is -0.128. The number of amides is 2. The summed E-state index contributed by atoms with van der Waals surface area (Å²) >= 11 is 0. The van der Waals surface area contributed by atoms with Gasteiger partial charge in [0.1, 0.15) is 0 Å². The number of nitrogens with one attached hydrogen (secondary N) is 1. The molecule has 1 aliphatic heterocycles. The molecule has 114 valence electrons. The van der Waals surface area contributed by atoms with Crippen LogP contribution in [0, 0.1) is 11.3 Å². The molecule has 6 nitrogen and oxygen atoms in total. The molecule has 0 aromatic carbocycles. The van der Waals surface area contributed by atoms with E-state index in [2.05, 4.69) is 14.9 Å². The molecule has 2 heterocycles. The van der Waals surface area contributed by atoms with Crippen LogP contribution in [-0.4, -0.2) is 45.9 Å². The zero-order chi connectivity index (χ0) is 14.9. The molecular weight excluding hydrogens is 268 g/mol. The van der Waals surface area contributed by atoms with E-state index < -0.39 is 0 Å². The number of carbonyl (C=O) groups excluding carboxylic acids is 2. The summed E-state index contributed by atoms with van der Waals surface area (Å²) in [5, 5.41) is 3.05. The summed E-state index contributed by atoms with van der Waals surface area (Å²) in [6, 6.07) is 0. The summed E-state index contributed by atoms with van der Waals surface area (Å²) in [4.78, 5) is 29.7. The zero-order valence-electron chi connectivity index (χ0n) is 12.4. The molecule has 0 spiro atoms. The number of rotatable bonds is 6. The molecule has 1 unspecified atom stereocenters. The van der Waals surface area contributed by atoms with Crippen LogP contribution < -0.4 is 5.32 Å². The fourth-order valence-electron chi connectivity index (χ4n) is 3.01. The van der Waals surface area contributed by atoms with Crippen molar-refractivity contribution in [3.05, 3.63) is 18.7 Å². The first-order valence-electron chi connectivity index (χ1n) is 7.63. The molecule has 0 bridgehead atoms. The number of aromatic nitrogens is 2. The van der Waals surface area contributed by atoms with E-state index in [9.17, 15) is 9.59 Å². The van der Waals surface area contributed by atoms with E-state index in [1.165, 1.54) is 0 Å². The third kappa shape index (κ3) is 3.09. The Kier molecular flexibility index (Phi) is 3.69. The first-order chi connectivity index (χ1) is 10.1. The van der Waals surface area contributed by atoms with Crippen molar-refractivity contribution in [2.24, 2.45) is 11.3 Å². The molecule has 0 radical (unpaired) electrons. The lowest BCUT2D eigenvalue weighted by Gasteiger charge is -2.18. The van der Waals surface area contributed by atoms with Gasteiger partial charge in [0.25, 0.3) is 0 Å². The monoisotopic (exact) mass is 290 g/mol. The van der Waals surface area contributed by atoms with Crippen LogP contribution in [-0.2, 0) is 16.1 Å². The maximum absolute atomic E-state index is 12.2. The van der Waals surface area contributed by atoms with Crippen LogP contribution >= 0.6 is 0 Å². The average molecular weight is 290 g/mol. The van der Waals surface area contributed by atoms with Crippen LogP contribution in [0.4, 0.5) is 0 Å². The second-order valence-electron chi connectivity index (χ2n) is 6.29. The number of hydrogen-bond donors (Lipinski definition) is 1. The Bertz CT molecular complexity index is 522. The van der Waals surface area contributed by atoms with Crippen LogP contribution in [0.3, 0.4) is 0 Å². The number of nitrogens with zero attached hydrogens (tertiary/aromatic N) is 3. The smallest absolute Gasteiger partial charge is 0.225 e. The van der Waals surface area contributed by atoms with Crippen molar-refractivity contribution in [1.29, 1.82) is 0 Å². The molecule has 1 saturated heterocycles. The quantitative estimate of drug-likeness (QED) is 0.836. The largest absolute Gasteiger partial charge is 0.355 e. The van der Waals surface area contributed by atoms with E-state index in [0.29, 0.717) is 26.1 Å². The molecule has 1 aromatic heterocycles. The number of hydrogen-bond acceptors (Lipinski definition) is 3. The van der Waals surface area contributed by atoms with Gasteiger partial charge in [-0.2, -0.15) is 0 Å². The molecule has 1 N–H and O–H groups in total. The zero-order valence-corrected chi connectivity index (χ0v) is 12.4. The summed E-state index contributed by atoms with van der Waals surface area (Å²) in [5.41, 5.74) is 0.184. The summed E-state index contributed by atoms with van der Waals surface area (Å²) in [7, 11) is 0. The van der Waals surface area contributed by atoms with E-state index in [1.54, 1.807) is 11.1 Å². The minimum atomic E-state index is -0.179. The second-order valence-corrected chi connectivity index (χ2v) is 6.29. The third-order valence-electron chi connectivity index (χ3n) is 4.64. The van der Waals surface area contributed by atoms with Gasteiger partial charge in [-0.1, -0.05) is 0 Å². The van der Waals surface area contributed by atoms with E-state index in [0.717, 1.165) is 19.4 Å². The van der Waals surface area contributed by atoms with Gasteiger partial charge in [-0.25, -0.2) is 4.98 Å². The van der Waals surface area contributed by atoms with Crippen molar-refractivity contribution in [3.63, 3.8) is 0 Å². The van der Waals surface area contributed by atoms with Crippen molar-refractivity contribution in [1.82, 2.24) is 19.8 Å². The maximum atomic E-state index is 12.2. The lowest BCUT2D eigenvalue weighted by Crippen LogP contribution is -2.37. The highest BCUT2D eigenvalue weighted by atomic mass is 16.2. The van der Waals surface area contributed by atoms with Gasteiger partial charge in [-0.05, 0) is 19.8 Å². The maximum Gasteiger partial charge on any atom is 0.225 e. The minimum Gasteiger partial charge on any atom is -0.355 e. The lowest BCUT2D eigenvalue weighted by atomic mass is 10.1. The highest BCUT2D eigenvalue weighted by molar-refractivity contribution is 5.89. The van der Waals surface area contributed by atoms with Crippen molar-refractivity contribution >= 4 is 11.8 Å². The number of imidazole rings is 1. The highest BCUT2D eigenvalue weighted by Crippen LogP contribution is 2.46. The Balaban J connectivity index is 1.49. The van der Waals surface area contributed by atoms with Crippen LogP contribution in [0.5, 0.6) is 0 Å². The molecule has 1 saturated carbocycles. The second kappa shape index (κ2) is 5.50. The molecule has 2 fully saturated rings. The van der Waals surface area contributed by atoms with Gasteiger partial charge in [-0.15, -0.1) is 0 Å². The summed E-state index contributed by atoms with van der Waals surface area (Å²) < 4.78 is 2.07. The number of likely N-dealkylation sites (tertiary alicyclic amines) is 1. The van der Waals surface area contributed by atoms with Crippen LogP contribution in [0.15, 0.2) is 18.7 Å². The molecule has 1 aromatic rings. The molecule has 3 rings (SSSR count). The van der Waals surface area contributed by atoms with E-state index >= 15 is 0 Å². The van der Waals surface area contributed by atoms with Gasteiger partial charge in [0, 0.05) is 50.4 Å². The predicted molar refractivity (Wildman–Crippen MR) is 77.3 cm³/mol. The van der Waals surface area contributed by atoms with Crippen LogP contribution in [0.1, 0.15) is 26.2 Å². The van der Waals surface area contributed by atoms with Crippen molar-refractivity contribution in [2.75, 3.05) is 19.6 Å². The first-order valence-corrected chi connectivity index (χ1v) is 7.63. The van der Waals surface area contributed by atoms with Crippen molar-refractivity contribution in [2.45, 2.75) is 32.7 Å². The summed E-state index contributed by atoms with van der Waals surface area (Å²) in [6.45, 7) is 4.80. The standard InChI is InChI=1S/C15H22N4O2/c1-2-19-8-12(7-13(19)20)14(21)17-9-15(3-4-15)10-18-6-5-16-11-18/h5-6,11-12H,2-4,7-10H2,1H3,(H,17,21). The highest BCUT2D eigenvalue weighted by Gasteiger charge is 2.43. The molecular formula is C15H22N4O2. The minimum absolute atomic E-state index is 0.0243. The summed E-state index contributed by atoms with van der Waals surface area (Å²) in [5.74, 6) is -0.0603. The van der Waals surface area contributed by atoms with Crippen molar-refractivity contribution < 1.29 is 9.59 Å². The molecule has 2 aliphatic rings. The van der Waals surface area contributed by atoms with Crippen LogP contribution in [0.25, 0.3) is 0 Å². The fraction of sp³-hybridized carbons (Fsp3) is 0.667. The van der Waals surface area contributed by atoms with Gasteiger partial charge in [0.15, 0.2) is 0 Å². The van der Waals surface area contributed by atoms with Gasteiger partial charge in [0.05, 0.1) is 12.2 Å². The Hall–Kier alpha value is -1.85. The molecule has 1 aliphatic carbocycles. The molecule has 6 heteroatoms. The topological polar surface area (TPSA) is 67.2 Å². The average Bonchev–Trinajstić information content (AvgIpc) is 2.87. The van der Waals surface area contributed by atoms with Gasteiger partial charge >= 0.3 is 0 Å². The molecule has 2 amide bonds. The SMILES string of the molecule is CCN1CC(C(=O)NCC2(Cn3ccnc3)CC2)CC1=O. The normalized spacial score (nSPS) is 23.4. The van der Waals surface area contributed by atoms with Gasteiger partial charge < -0.3 is 14.8 Å². The third-order valence-corrected chi connectivity index (χ3v) is 4.64. The van der Waals surface area contributed by atoms with Crippen LogP contribution in [0.2, 0.25) is 0 Å². The van der Waals surface area contributed by atoms with E-state index in [4.69, 9.17) is 0 Å². The van der Waals surface area contributed by atoms with Gasteiger partial charge in [0.2, 0.25) is 11.8 Å². The summed E-state index contributed by atoms with van der Waals surface area (Å²) in [6.07, 6.45) is 8.17. The fourth-order valence-corrected chi connectivity index (χ4v) is 3.01. The molecule has 21 heavy (non-hydrogen) atoms. The number of carbonyl (C=O) groups is 2. The van der Waals surface area contributed by atoms with Gasteiger partial charge in [-0.3, -0.25) is 9.59 Å². The first kappa shape index (κ1) is 14.1. The Morgan fingerprint density at radius 1 is 1.52 bits per heavy atom. The predicted octanol–water partition coefficient (Wildman–Crippen LogP) is 0.648. The van der Waals surface area contributed by atoms with E-state index in [1.807, 2.05) is 19.4 Å².